The molecule has 0 unspecified atom stereocenters. The highest BCUT2D eigenvalue weighted by Crippen LogP contribution is 2.40. The van der Waals surface area contributed by atoms with Crippen LogP contribution in [0.3, 0.4) is 0 Å². The Hall–Kier alpha value is -1.80. The zero-order chi connectivity index (χ0) is 47.1. The summed E-state index contributed by atoms with van der Waals surface area (Å²) in [6, 6.07) is -0.689. The molecule has 3 aliphatic rings. The molecule has 362 valence electrons. The predicted molar refractivity (Wildman–Crippen MR) is 235 cm³/mol. The number of cyclic esters (lactones) is 1. The van der Waals surface area contributed by atoms with E-state index in [1.807, 2.05) is 67.6 Å². The van der Waals surface area contributed by atoms with Crippen molar-refractivity contribution >= 4 is 11.9 Å². The van der Waals surface area contributed by atoms with Gasteiger partial charge in [0.05, 0.1) is 41.5 Å². The standard InChI is InChI=1S/C46H85N3O13/c1-17-34-46(12,55)39(51)31(8)49(15)25-27(4)23-44(10,54)41(29(6)37(30(7)42(53)60-34)61-36-24-45(11,56-16)40(52)32(9)59-36)62-43-38(33(48(13)14)22-28(5)58-43)57-20-18-19-47-35(50)21-26(2)3/h21,27-34,36-41,43,51-52,54-55H,17-20,22-25H2,1-16H3,(H,47,50)/t27-,28-,29+,30-,31-,32+,33+,34-,36+,37+,38-,39-,40+,41-,43+,44-,45-,46-/m1/s1. The van der Waals surface area contributed by atoms with E-state index in [1.165, 1.54) is 14.0 Å². The minimum Gasteiger partial charge on any atom is -0.459 e. The second-order valence-electron chi connectivity index (χ2n) is 19.9. The highest BCUT2D eigenvalue weighted by atomic mass is 16.7. The fourth-order valence-electron chi connectivity index (χ4n) is 9.72. The van der Waals surface area contributed by atoms with Crippen molar-refractivity contribution in [3.05, 3.63) is 11.6 Å². The zero-order valence-corrected chi connectivity index (χ0v) is 40.8. The first-order valence-electron chi connectivity index (χ1n) is 22.8. The van der Waals surface area contributed by atoms with Crippen molar-refractivity contribution in [3.63, 3.8) is 0 Å². The molecule has 1 amide bonds. The molecule has 0 bridgehead atoms. The normalized spacial score (nSPS) is 43.3. The molecule has 0 aromatic rings. The number of nitrogens with zero attached hydrogens (tertiary/aromatic N) is 2. The molecule has 0 saturated carbocycles. The van der Waals surface area contributed by atoms with Crippen LogP contribution in [0.25, 0.3) is 0 Å². The summed E-state index contributed by atoms with van der Waals surface area (Å²) in [6.45, 7) is 22.7. The number of methoxy groups -OCH3 is 1. The predicted octanol–water partition coefficient (Wildman–Crippen LogP) is 3.40. The van der Waals surface area contributed by atoms with Crippen molar-refractivity contribution in [1.82, 2.24) is 15.1 Å². The van der Waals surface area contributed by atoms with E-state index in [0.29, 0.717) is 32.5 Å². The van der Waals surface area contributed by atoms with Crippen LogP contribution in [0.1, 0.15) is 115 Å². The van der Waals surface area contributed by atoms with Gasteiger partial charge >= 0.3 is 5.97 Å². The molecule has 0 aliphatic carbocycles. The van der Waals surface area contributed by atoms with Gasteiger partial charge in [0.1, 0.15) is 30.0 Å². The third-order valence-corrected chi connectivity index (χ3v) is 13.5. The first-order chi connectivity index (χ1) is 28.7. The van der Waals surface area contributed by atoms with Crippen LogP contribution >= 0.6 is 0 Å². The quantitative estimate of drug-likeness (QED) is 0.102. The third-order valence-electron chi connectivity index (χ3n) is 13.5. The van der Waals surface area contributed by atoms with Gasteiger partial charge in [-0.05, 0) is 115 Å². The fraction of sp³-hybridized carbons (Fsp3) is 0.913. The number of nitrogens with one attached hydrogen (secondary N) is 1. The molecule has 3 aliphatic heterocycles. The summed E-state index contributed by atoms with van der Waals surface area (Å²) >= 11 is 0. The van der Waals surface area contributed by atoms with E-state index >= 15 is 0 Å². The molecule has 0 aromatic heterocycles. The summed E-state index contributed by atoms with van der Waals surface area (Å²) in [5, 5.41) is 50.3. The van der Waals surface area contributed by atoms with E-state index in [1.54, 1.807) is 40.7 Å². The summed E-state index contributed by atoms with van der Waals surface area (Å²) in [4.78, 5) is 30.7. The van der Waals surface area contributed by atoms with Crippen LogP contribution in [0.5, 0.6) is 0 Å². The lowest BCUT2D eigenvalue weighted by Gasteiger charge is -2.49. The van der Waals surface area contributed by atoms with Gasteiger partial charge in [0.2, 0.25) is 5.91 Å². The van der Waals surface area contributed by atoms with Gasteiger partial charge in [-0.15, -0.1) is 0 Å². The Morgan fingerprint density at radius 3 is 2.21 bits per heavy atom. The van der Waals surface area contributed by atoms with E-state index in [-0.39, 0.29) is 43.2 Å². The number of hydrogen-bond donors (Lipinski definition) is 5. The molecule has 3 heterocycles. The van der Waals surface area contributed by atoms with E-state index in [0.717, 1.165) is 5.57 Å². The lowest BCUT2D eigenvalue weighted by Crippen LogP contribution is -2.61. The number of hydrogen-bond acceptors (Lipinski definition) is 15. The summed E-state index contributed by atoms with van der Waals surface area (Å²) in [5.74, 6) is -2.78. The Kier molecular flexibility index (Phi) is 20.3. The molecule has 5 N–H and O–H groups in total. The maximum absolute atomic E-state index is 14.5. The number of allylic oxidation sites excluding steroid dienone is 1. The molecule has 0 aromatic carbocycles. The average molecular weight is 888 g/mol. The lowest BCUT2D eigenvalue weighted by atomic mass is 9.77. The first-order valence-corrected chi connectivity index (χ1v) is 22.8. The first kappa shape index (κ1) is 54.5. The maximum Gasteiger partial charge on any atom is 0.311 e. The Labute approximate surface area is 372 Å². The highest BCUT2D eigenvalue weighted by Gasteiger charge is 2.53. The van der Waals surface area contributed by atoms with E-state index < -0.39 is 96.0 Å². The van der Waals surface area contributed by atoms with Crippen LogP contribution in [-0.2, 0) is 42.7 Å². The van der Waals surface area contributed by atoms with Gasteiger partial charge in [-0.2, -0.15) is 0 Å². The van der Waals surface area contributed by atoms with E-state index in [2.05, 4.69) is 10.2 Å². The van der Waals surface area contributed by atoms with Crippen molar-refractivity contribution in [2.45, 2.75) is 205 Å². The van der Waals surface area contributed by atoms with Gasteiger partial charge in [0.15, 0.2) is 12.6 Å². The van der Waals surface area contributed by atoms with Gasteiger partial charge in [-0.25, -0.2) is 0 Å². The Morgan fingerprint density at radius 2 is 1.63 bits per heavy atom. The summed E-state index contributed by atoms with van der Waals surface area (Å²) < 4.78 is 45.3. The Bertz CT molecular complexity index is 1440. The Balaban J connectivity index is 2.16. The molecule has 0 radical (unpaired) electrons. The van der Waals surface area contributed by atoms with Crippen molar-refractivity contribution in [1.29, 1.82) is 0 Å². The van der Waals surface area contributed by atoms with Gasteiger partial charge in [-0.3, -0.25) is 9.59 Å². The number of rotatable bonds is 13. The number of carbonyl (C=O) groups is 2. The number of carbonyl (C=O) groups excluding carboxylic acids is 2. The van der Waals surface area contributed by atoms with Crippen LogP contribution in [0.15, 0.2) is 11.6 Å². The largest absolute Gasteiger partial charge is 0.459 e. The molecule has 0 spiro atoms. The van der Waals surface area contributed by atoms with Crippen LogP contribution < -0.4 is 5.32 Å². The zero-order valence-electron chi connectivity index (χ0n) is 40.8. The molecule has 3 rings (SSSR count). The molecular weight excluding hydrogens is 803 g/mol. The number of aliphatic hydroxyl groups is 4. The van der Waals surface area contributed by atoms with Crippen LogP contribution in [-0.4, -0.2) is 180 Å². The van der Waals surface area contributed by atoms with E-state index in [4.69, 9.17) is 33.2 Å². The fourth-order valence-corrected chi connectivity index (χ4v) is 9.72. The summed E-state index contributed by atoms with van der Waals surface area (Å²) in [7, 11) is 7.32. The molecule has 16 nitrogen and oxygen atoms in total. The van der Waals surface area contributed by atoms with Gasteiger partial charge in [0, 0.05) is 57.3 Å². The van der Waals surface area contributed by atoms with Crippen molar-refractivity contribution < 1.29 is 63.2 Å². The molecule has 3 fully saturated rings. The second-order valence-corrected chi connectivity index (χ2v) is 19.9. The molecule has 18 atom stereocenters. The Morgan fingerprint density at radius 1 is 0.984 bits per heavy atom. The van der Waals surface area contributed by atoms with Gasteiger partial charge < -0.3 is 68.7 Å². The number of likely N-dealkylation sites (N-methyl/N-ethyl adjacent to an activating group) is 2. The van der Waals surface area contributed by atoms with E-state index in [9.17, 15) is 30.0 Å². The van der Waals surface area contributed by atoms with Gasteiger partial charge in [-0.1, -0.05) is 26.3 Å². The van der Waals surface area contributed by atoms with Crippen LogP contribution in [0.2, 0.25) is 0 Å². The number of amides is 1. The minimum absolute atomic E-state index is 0.125. The SMILES string of the molecule is CC[C@H]1OC(=O)[C@H](C)[C@@H](O[C@H]2C[C@@](C)(OC)[C@@H](O)[C@H](C)O2)[C@H](C)[C@@H](O[C@@H]2O[C@H](C)C[C@H](N(C)C)[C@H]2OCCCNC(=O)C=C(C)C)[C@](C)(O)C[C@@H](C)CN(C)[C@H](C)[C@@H](O)[C@]1(C)O. The molecule has 62 heavy (non-hydrogen) atoms. The molecule has 3 saturated heterocycles. The van der Waals surface area contributed by atoms with Crippen molar-refractivity contribution in [2.24, 2.45) is 17.8 Å². The monoisotopic (exact) mass is 888 g/mol. The van der Waals surface area contributed by atoms with Gasteiger partial charge in [0.25, 0.3) is 0 Å². The molecular formula is C46H85N3O13. The minimum atomic E-state index is -1.82. The average Bonchev–Trinajstić information content (AvgIpc) is 3.17. The van der Waals surface area contributed by atoms with Crippen molar-refractivity contribution in [3.8, 4) is 0 Å². The third kappa shape index (κ3) is 13.9. The summed E-state index contributed by atoms with van der Waals surface area (Å²) in [5.41, 5.74) is -3.52. The topological polar surface area (TPSA) is 198 Å². The number of ether oxygens (including phenoxy) is 7. The molecule has 16 heteroatoms. The lowest BCUT2D eigenvalue weighted by molar-refractivity contribution is -0.321. The summed E-state index contributed by atoms with van der Waals surface area (Å²) in [6.07, 6.45) is -5.55. The van der Waals surface area contributed by atoms with Crippen LogP contribution in [0.4, 0.5) is 0 Å². The second kappa shape index (κ2) is 23.1. The highest BCUT2D eigenvalue weighted by molar-refractivity contribution is 5.87. The number of aliphatic hydroxyl groups excluding tert-OH is 2. The van der Waals surface area contributed by atoms with Crippen LogP contribution in [0, 0.1) is 17.8 Å². The van der Waals surface area contributed by atoms with Crippen molar-refractivity contribution in [2.75, 3.05) is 47.9 Å². The maximum atomic E-state index is 14.5. The smallest absolute Gasteiger partial charge is 0.311 e. The number of esters is 1.